The van der Waals surface area contributed by atoms with Gasteiger partial charge in [0, 0.05) is 18.5 Å². The summed E-state index contributed by atoms with van der Waals surface area (Å²) >= 11 is 0. The quantitative estimate of drug-likeness (QED) is 0.763. The minimum Gasteiger partial charge on any atom is -0.507 e. The molecule has 0 spiro atoms. The number of benzene rings is 1. The molecule has 1 aromatic carbocycles. The first-order chi connectivity index (χ1) is 7.69. The molecular formula is C13H17NO2. The molecule has 3 nitrogen and oxygen atoms in total. The number of carbonyl (C=O) groups excluding carboxylic acids is 1. The second-order valence-electron chi connectivity index (χ2n) is 4.22. The predicted molar refractivity (Wildman–Crippen MR) is 62.6 cm³/mol. The Morgan fingerprint density at radius 2 is 2.25 bits per heavy atom. The van der Waals surface area contributed by atoms with Gasteiger partial charge in [0.1, 0.15) is 5.75 Å². The number of aromatic hydroxyl groups is 1. The van der Waals surface area contributed by atoms with Crippen LogP contribution >= 0.6 is 0 Å². The van der Waals surface area contributed by atoms with Gasteiger partial charge in [0.15, 0.2) is 5.78 Å². The third-order valence-corrected chi connectivity index (χ3v) is 3.31. The summed E-state index contributed by atoms with van der Waals surface area (Å²) in [4.78, 5) is 11.7. The van der Waals surface area contributed by atoms with Crippen LogP contribution in [0.25, 0.3) is 0 Å². The minimum absolute atomic E-state index is 0.0121. The van der Waals surface area contributed by atoms with E-state index in [-0.39, 0.29) is 11.5 Å². The number of hydrogen-bond acceptors (Lipinski definition) is 3. The van der Waals surface area contributed by atoms with Gasteiger partial charge in [-0.2, -0.15) is 0 Å². The molecule has 0 amide bonds. The first-order valence-electron chi connectivity index (χ1n) is 5.78. The number of fused-ring (bicyclic) bond motifs is 1. The Hall–Kier alpha value is -1.35. The molecule has 0 aliphatic heterocycles. The highest BCUT2D eigenvalue weighted by Crippen LogP contribution is 2.34. The molecule has 0 unspecified atom stereocenters. The predicted octanol–water partition coefficient (Wildman–Crippen LogP) is 1.93. The molecule has 3 heteroatoms. The van der Waals surface area contributed by atoms with Crippen LogP contribution in [0.15, 0.2) is 6.07 Å². The van der Waals surface area contributed by atoms with Crippen LogP contribution in [0.5, 0.6) is 5.75 Å². The summed E-state index contributed by atoms with van der Waals surface area (Å²) in [6.07, 6.45) is 3.46. The normalized spacial score (nSPS) is 13.9. The number of phenols is 1. The Balaban J connectivity index is 2.60. The Morgan fingerprint density at radius 3 is 2.88 bits per heavy atom. The summed E-state index contributed by atoms with van der Waals surface area (Å²) in [6.45, 7) is 2.11. The number of nitrogens with two attached hydrogens (primary N) is 1. The summed E-state index contributed by atoms with van der Waals surface area (Å²) in [6, 6.07) is 1.85. The standard InChI is InChI=1S/C13H17NO2/c1-2-12(15)10-6-8-4-3-5-9(8)11(7-14)13(10)16/h6,16H,2-5,7,14H2,1H3. The van der Waals surface area contributed by atoms with Crippen molar-refractivity contribution in [1.82, 2.24) is 0 Å². The summed E-state index contributed by atoms with van der Waals surface area (Å²) in [5.74, 6) is 0.0944. The van der Waals surface area contributed by atoms with Gasteiger partial charge in [-0.3, -0.25) is 4.79 Å². The first kappa shape index (κ1) is 11.1. The van der Waals surface area contributed by atoms with E-state index in [1.165, 1.54) is 5.56 Å². The number of ketones is 1. The molecule has 0 radical (unpaired) electrons. The van der Waals surface area contributed by atoms with Crippen LogP contribution in [0, 0.1) is 0 Å². The molecule has 1 aliphatic carbocycles. The van der Waals surface area contributed by atoms with Crippen LogP contribution in [0.4, 0.5) is 0 Å². The number of rotatable bonds is 3. The molecular weight excluding hydrogens is 202 g/mol. The van der Waals surface area contributed by atoms with E-state index < -0.39 is 0 Å². The van der Waals surface area contributed by atoms with Crippen molar-refractivity contribution in [1.29, 1.82) is 0 Å². The Bertz CT molecular complexity index is 438. The zero-order valence-electron chi connectivity index (χ0n) is 9.55. The molecule has 0 heterocycles. The molecule has 0 aromatic heterocycles. The molecule has 1 aromatic rings. The maximum Gasteiger partial charge on any atom is 0.166 e. The van der Waals surface area contributed by atoms with Gasteiger partial charge in [-0.25, -0.2) is 0 Å². The molecule has 0 fully saturated rings. The lowest BCUT2D eigenvalue weighted by Crippen LogP contribution is -2.07. The van der Waals surface area contributed by atoms with Crippen molar-refractivity contribution in [3.8, 4) is 5.75 Å². The van der Waals surface area contributed by atoms with Crippen molar-refractivity contribution in [2.75, 3.05) is 0 Å². The fraction of sp³-hybridized carbons (Fsp3) is 0.462. The van der Waals surface area contributed by atoms with Gasteiger partial charge in [0.2, 0.25) is 0 Å². The van der Waals surface area contributed by atoms with Crippen molar-refractivity contribution >= 4 is 5.78 Å². The fourth-order valence-electron chi connectivity index (χ4n) is 2.44. The highest BCUT2D eigenvalue weighted by atomic mass is 16.3. The summed E-state index contributed by atoms with van der Waals surface area (Å²) in [7, 11) is 0. The minimum atomic E-state index is -0.0121. The molecule has 0 bridgehead atoms. The van der Waals surface area contributed by atoms with E-state index >= 15 is 0 Å². The number of phenolic OH excluding ortho intramolecular Hbond substituents is 1. The van der Waals surface area contributed by atoms with Crippen molar-refractivity contribution in [3.05, 3.63) is 28.3 Å². The topological polar surface area (TPSA) is 63.3 Å². The van der Waals surface area contributed by atoms with Gasteiger partial charge in [0.05, 0.1) is 5.56 Å². The Labute approximate surface area is 95.3 Å². The molecule has 16 heavy (non-hydrogen) atoms. The van der Waals surface area contributed by atoms with E-state index in [0.29, 0.717) is 18.5 Å². The second kappa shape index (κ2) is 4.26. The average molecular weight is 219 g/mol. The first-order valence-corrected chi connectivity index (χ1v) is 5.78. The monoisotopic (exact) mass is 219 g/mol. The van der Waals surface area contributed by atoms with Gasteiger partial charge < -0.3 is 10.8 Å². The maximum atomic E-state index is 11.7. The van der Waals surface area contributed by atoms with E-state index in [0.717, 1.165) is 30.4 Å². The van der Waals surface area contributed by atoms with Crippen LogP contribution in [0.3, 0.4) is 0 Å². The zero-order valence-corrected chi connectivity index (χ0v) is 9.55. The summed E-state index contributed by atoms with van der Waals surface area (Å²) in [5.41, 5.74) is 9.23. The van der Waals surface area contributed by atoms with Crippen molar-refractivity contribution in [2.24, 2.45) is 5.73 Å². The third kappa shape index (κ3) is 1.61. The fourth-order valence-corrected chi connectivity index (χ4v) is 2.44. The van der Waals surface area contributed by atoms with E-state index in [9.17, 15) is 9.90 Å². The van der Waals surface area contributed by atoms with E-state index in [1.54, 1.807) is 6.92 Å². The van der Waals surface area contributed by atoms with Crippen molar-refractivity contribution in [2.45, 2.75) is 39.2 Å². The average Bonchev–Trinajstić information content (AvgIpc) is 2.75. The van der Waals surface area contributed by atoms with Gasteiger partial charge in [0.25, 0.3) is 0 Å². The number of hydrogen-bond donors (Lipinski definition) is 2. The van der Waals surface area contributed by atoms with Gasteiger partial charge >= 0.3 is 0 Å². The number of carbonyl (C=O) groups is 1. The summed E-state index contributed by atoms with van der Waals surface area (Å²) in [5, 5.41) is 10.1. The van der Waals surface area contributed by atoms with Gasteiger partial charge in [-0.05, 0) is 36.5 Å². The number of aryl methyl sites for hydroxylation is 1. The van der Waals surface area contributed by atoms with Crippen LogP contribution in [0.1, 0.15) is 46.8 Å². The lowest BCUT2D eigenvalue weighted by atomic mass is 9.95. The molecule has 0 saturated carbocycles. The highest BCUT2D eigenvalue weighted by molar-refractivity contribution is 5.99. The van der Waals surface area contributed by atoms with Gasteiger partial charge in [-0.15, -0.1) is 0 Å². The van der Waals surface area contributed by atoms with Crippen LogP contribution < -0.4 is 5.73 Å². The zero-order chi connectivity index (χ0) is 11.7. The smallest absolute Gasteiger partial charge is 0.166 e. The lowest BCUT2D eigenvalue weighted by Gasteiger charge is -2.12. The molecule has 3 N–H and O–H groups in total. The maximum absolute atomic E-state index is 11.7. The lowest BCUT2D eigenvalue weighted by molar-refractivity contribution is 0.0985. The second-order valence-corrected chi connectivity index (χ2v) is 4.22. The largest absolute Gasteiger partial charge is 0.507 e. The Kier molecular flexibility index (Phi) is 2.97. The van der Waals surface area contributed by atoms with Crippen LogP contribution in [0.2, 0.25) is 0 Å². The molecule has 1 aliphatic rings. The SMILES string of the molecule is CCC(=O)c1cc2c(c(CN)c1O)CCC2. The molecule has 86 valence electrons. The summed E-state index contributed by atoms with van der Waals surface area (Å²) < 4.78 is 0. The molecule has 2 rings (SSSR count). The van der Waals surface area contributed by atoms with Crippen molar-refractivity contribution < 1.29 is 9.90 Å². The third-order valence-electron chi connectivity index (χ3n) is 3.31. The number of Topliss-reactive ketones (excluding diaryl/α,β-unsaturated/α-hetero) is 1. The van der Waals surface area contributed by atoms with Crippen LogP contribution in [-0.4, -0.2) is 10.9 Å². The highest BCUT2D eigenvalue weighted by Gasteiger charge is 2.22. The molecule has 0 saturated heterocycles. The van der Waals surface area contributed by atoms with E-state index in [1.807, 2.05) is 6.07 Å². The molecule has 0 atom stereocenters. The Morgan fingerprint density at radius 1 is 1.50 bits per heavy atom. The van der Waals surface area contributed by atoms with E-state index in [2.05, 4.69) is 0 Å². The van der Waals surface area contributed by atoms with Crippen molar-refractivity contribution in [3.63, 3.8) is 0 Å². The van der Waals surface area contributed by atoms with Crippen LogP contribution in [-0.2, 0) is 19.4 Å². The van der Waals surface area contributed by atoms with E-state index in [4.69, 9.17) is 5.73 Å². The van der Waals surface area contributed by atoms with Gasteiger partial charge in [-0.1, -0.05) is 6.92 Å².